The first kappa shape index (κ1) is 15.8. The van der Waals surface area contributed by atoms with Crippen LogP contribution in [0.25, 0.3) is 11.4 Å². The van der Waals surface area contributed by atoms with Crippen molar-refractivity contribution in [3.8, 4) is 17.1 Å². The van der Waals surface area contributed by atoms with Crippen molar-refractivity contribution >= 4 is 5.91 Å². The molecule has 7 nitrogen and oxygen atoms in total. The molecule has 1 amide bonds. The fraction of sp³-hybridized carbons (Fsp3) is 0.400. The first-order chi connectivity index (χ1) is 10.3. The smallest absolute Gasteiger partial charge is 0.344 e. The maximum Gasteiger partial charge on any atom is 0.344 e. The van der Waals surface area contributed by atoms with Crippen LogP contribution in [0.3, 0.4) is 0 Å². The fourth-order valence-corrected chi connectivity index (χ4v) is 2.05. The van der Waals surface area contributed by atoms with Crippen LogP contribution in [-0.4, -0.2) is 33.3 Å². The molecule has 1 aromatic carbocycles. The molecule has 0 atom stereocenters. The third-order valence-electron chi connectivity index (χ3n) is 2.90. The van der Waals surface area contributed by atoms with Gasteiger partial charge in [-0.05, 0) is 32.9 Å². The fourth-order valence-electron chi connectivity index (χ4n) is 2.05. The van der Waals surface area contributed by atoms with Crippen LogP contribution in [0.15, 0.2) is 29.1 Å². The highest BCUT2D eigenvalue weighted by atomic mass is 16.5. The Morgan fingerprint density at radius 1 is 1.41 bits per heavy atom. The lowest BCUT2D eigenvalue weighted by Gasteiger charge is -2.20. The minimum Gasteiger partial charge on any atom is -0.497 e. The van der Waals surface area contributed by atoms with Crippen molar-refractivity contribution in [1.82, 2.24) is 20.1 Å². The summed E-state index contributed by atoms with van der Waals surface area (Å²) in [4.78, 5) is 24.0. The zero-order valence-electron chi connectivity index (χ0n) is 13.1. The first-order valence-corrected chi connectivity index (χ1v) is 6.91. The van der Waals surface area contributed by atoms with Crippen molar-refractivity contribution in [2.24, 2.45) is 0 Å². The molecule has 2 rings (SSSR count). The maximum atomic E-state index is 12.0. The van der Waals surface area contributed by atoms with E-state index in [-0.39, 0.29) is 18.0 Å². The van der Waals surface area contributed by atoms with Crippen LogP contribution in [0.1, 0.15) is 20.8 Å². The Balaban J connectivity index is 2.32. The molecule has 0 aliphatic carbocycles. The molecule has 0 saturated heterocycles. The van der Waals surface area contributed by atoms with Gasteiger partial charge in [0.05, 0.1) is 7.11 Å². The van der Waals surface area contributed by atoms with E-state index >= 15 is 0 Å². The van der Waals surface area contributed by atoms with E-state index in [1.165, 1.54) is 4.57 Å². The molecule has 0 aliphatic rings. The van der Waals surface area contributed by atoms with E-state index in [1.54, 1.807) is 31.4 Å². The summed E-state index contributed by atoms with van der Waals surface area (Å²) >= 11 is 0. The Hall–Kier alpha value is -2.57. The van der Waals surface area contributed by atoms with Crippen LogP contribution >= 0.6 is 0 Å². The quantitative estimate of drug-likeness (QED) is 0.887. The first-order valence-electron chi connectivity index (χ1n) is 6.91. The summed E-state index contributed by atoms with van der Waals surface area (Å²) < 4.78 is 6.47. The molecule has 0 saturated carbocycles. The van der Waals surface area contributed by atoms with Crippen LogP contribution in [0, 0.1) is 0 Å². The predicted molar refractivity (Wildman–Crippen MR) is 82.7 cm³/mol. The lowest BCUT2D eigenvalue weighted by molar-refractivity contribution is -0.123. The second kappa shape index (κ2) is 6.05. The molecule has 7 heteroatoms. The number of rotatable bonds is 4. The van der Waals surface area contributed by atoms with E-state index < -0.39 is 5.69 Å². The Morgan fingerprint density at radius 2 is 2.14 bits per heavy atom. The summed E-state index contributed by atoms with van der Waals surface area (Å²) in [5, 5.41) is 9.20. The normalized spacial score (nSPS) is 11.3. The number of aromatic amines is 1. The minimum atomic E-state index is -0.429. The Kier molecular flexibility index (Phi) is 4.35. The van der Waals surface area contributed by atoms with E-state index in [9.17, 15) is 9.59 Å². The van der Waals surface area contributed by atoms with E-state index in [4.69, 9.17) is 4.74 Å². The number of H-pyrrole nitrogens is 1. The maximum absolute atomic E-state index is 12.0. The highest BCUT2D eigenvalue weighted by Gasteiger charge is 2.18. The van der Waals surface area contributed by atoms with Gasteiger partial charge in [-0.2, -0.15) is 5.10 Å². The van der Waals surface area contributed by atoms with Crippen LogP contribution in [0.4, 0.5) is 0 Å². The molecule has 22 heavy (non-hydrogen) atoms. The van der Waals surface area contributed by atoms with Gasteiger partial charge in [0.2, 0.25) is 5.91 Å². The number of aromatic nitrogens is 3. The molecule has 1 heterocycles. The molecule has 0 aliphatic heterocycles. The van der Waals surface area contributed by atoms with E-state index in [2.05, 4.69) is 15.5 Å². The number of ether oxygens (including phenoxy) is 1. The average molecular weight is 304 g/mol. The molecule has 1 aromatic heterocycles. The average Bonchev–Trinajstić information content (AvgIpc) is 2.78. The molecular formula is C15H20N4O3. The Morgan fingerprint density at radius 3 is 2.77 bits per heavy atom. The zero-order valence-corrected chi connectivity index (χ0v) is 13.1. The number of nitrogens with one attached hydrogen (secondary N) is 2. The van der Waals surface area contributed by atoms with Crippen molar-refractivity contribution in [3.63, 3.8) is 0 Å². The van der Waals surface area contributed by atoms with Gasteiger partial charge in [-0.15, -0.1) is 0 Å². The molecule has 118 valence electrons. The summed E-state index contributed by atoms with van der Waals surface area (Å²) in [6.45, 7) is 5.54. The summed E-state index contributed by atoms with van der Waals surface area (Å²) in [6, 6.07) is 7.15. The van der Waals surface area contributed by atoms with Gasteiger partial charge in [0.1, 0.15) is 12.3 Å². The van der Waals surface area contributed by atoms with Gasteiger partial charge in [0.25, 0.3) is 0 Å². The predicted octanol–water partition coefficient (Wildman–Crippen LogP) is 1.16. The number of benzene rings is 1. The number of nitrogens with zero attached hydrogens (tertiary/aromatic N) is 2. The SMILES string of the molecule is COc1cccc(-c2n[nH]c(=O)n2CC(=O)NC(C)(C)C)c1. The molecule has 0 spiro atoms. The minimum absolute atomic E-state index is 0.0981. The second-order valence-corrected chi connectivity index (χ2v) is 5.97. The number of carbonyl (C=O) groups is 1. The highest BCUT2D eigenvalue weighted by molar-refractivity contribution is 5.77. The summed E-state index contributed by atoms with van der Waals surface area (Å²) in [6.07, 6.45) is 0. The van der Waals surface area contributed by atoms with Crippen LogP contribution in [0.2, 0.25) is 0 Å². The Bertz CT molecular complexity index is 725. The van der Waals surface area contributed by atoms with Gasteiger partial charge in [0.15, 0.2) is 5.82 Å². The third kappa shape index (κ3) is 3.75. The molecule has 0 unspecified atom stereocenters. The monoisotopic (exact) mass is 304 g/mol. The third-order valence-corrected chi connectivity index (χ3v) is 2.90. The van der Waals surface area contributed by atoms with Crippen molar-refractivity contribution in [2.45, 2.75) is 32.9 Å². The van der Waals surface area contributed by atoms with Gasteiger partial charge < -0.3 is 10.1 Å². The molecule has 2 aromatic rings. The summed E-state index contributed by atoms with van der Waals surface area (Å²) in [5.41, 5.74) is -0.0938. The second-order valence-electron chi connectivity index (χ2n) is 5.97. The number of carbonyl (C=O) groups excluding carboxylic acids is 1. The van der Waals surface area contributed by atoms with Gasteiger partial charge in [0, 0.05) is 11.1 Å². The number of hydrogen-bond donors (Lipinski definition) is 2. The molecule has 2 N–H and O–H groups in total. The molecule has 0 fully saturated rings. The van der Waals surface area contributed by atoms with Gasteiger partial charge in [-0.3, -0.25) is 9.36 Å². The number of hydrogen-bond acceptors (Lipinski definition) is 4. The van der Waals surface area contributed by atoms with Crippen LogP contribution in [-0.2, 0) is 11.3 Å². The van der Waals surface area contributed by atoms with E-state index in [1.807, 2.05) is 20.8 Å². The number of methoxy groups -OCH3 is 1. The summed E-state index contributed by atoms with van der Waals surface area (Å²) in [7, 11) is 1.56. The van der Waals surface area contributed by atoms with Crippen molar-refractivity contribution in [2.75, 3.05) is 7.11 Å². The number of amides is 1. The van der Waals surface area contributed by atoms with Crippen molar-refractivity contribution < 1.29 is 9.53 Å². The van der Waals surface area contributed by atoms with E-state index in [0.717, 1.165) is 0 Å². The lowest BCUT2D eigenvalue weighted by Crippen LogP contribution is -2.43. The van der Waals surface area contributed by atoms with Crippen molar-refractivity contribution in [3.05, 3.63) is 34.7 Å². The van der Waals surface area contributed by atoms with E-state index in [0.29, 0.717) is 17.1 Å². The molecular weight excluding hydrogens is 284 g/mol. The van der Waals surface area contributed by atoms with Crippen molar-refractivity contribution in [1.29, 1.82) is 0 Å². The highest BCUT2D eigenvalue weighted by Crippen LogP contribution is 2.21. The topological polar surface area (TPSA) is 89.0 Å². The van der Waals surface area contributed by atoms with Gasteiger partial charge in [-0.25, -0.2) is 9.89 Å². The Labute approximate surface area is 128 Å². The largest absolute Gasteiger partial charge is 0.497 e. The van der Waals surface area contributed by atoms with Gasteiger partial charge in [-0.1, -0.05) is 12.1 Å². The van der Waals surface area contributed by atoms with Crippen LogP contribution in [0.5, 0.6) is 5.75 Å². The summed E-state index contributed by atoms with van der Waals surface area (Å²) in [5.74, 6) is 0.798. The molecule has 0 radical (unpaired) electrons. The molecule has 0 bridgehead atoms. The standard InChI is InChI=1S/C15H20N4O3/c1-15(2,3)16-12(20)9-19-13(17-18-14(19)21)10-6-5-7-11(8-10)22-4/h5-8H,9H2,1-4H3,(H,16,20)(H,18,21). The zero-order chi connectivity index (χ0) is 16.3. The van der Waals surface area contributed by atoms with Crippen LogP contribution < -0.4 is 15.7 Å². The lowest BCUT2D eigenvalue weighted by atomic mass is 10.1. The van der Waals surface area contributed by atoms with Gasteiger partial charge >= 0.3 is 5.69 Å².